The summed E-state index contributed by atoms with van der Waals surface area (Å²) in [6, 6.07) is 7.42. The van der Waals surface area contributed by atoms with E-state index >= 15 is 0 Å². The number of carboxylic acid groups (broad SMARTS) is 2. The van der Waals surface area contributed by atoms with Crippen molar-refractivity contribution < 1.29 is 19.8 Å². The molecule has 2 saturated heterocycles. The van der Waals surface area contributed by atoms with Gasteiger partial charge in [0, 0.05) is 23.4 Å². The summed E-state index contributed by atoms with van der Waals surface area (Å²) in [5.41, 5.74) is 0.305. The van der Waals surface area contributed by atoms with Crippen LogP contribution in [0.4, 0.5) is 0 Å². The number of piperidine rings is 2. The van der Waals surface area contributed by atoms with Crippen molar-refractivity contribution in [1.29, 1.82) is 0 Å². The second kappa shape index (κ2) is 3.90. The van der Waals surface area contributed by atoms with Crippen LogP contribution in [0.25, 0.3) is 0 Å². The lowest BCUT2D eigenvalue weighted by molar-refractivity contribution is -0.176. The Morgan fingerprint density at radius 1 is 1.23 bits per heavy atom. The Labute approximate surface area is 128 Å². The van der Waals surface area contributed by atoms with E-state index < -0.39 is 34.7 Å². The molecule has 0 aromatic heterocycles. The molecule has 4 aliphatic rings. The lowest BCUT2D eigenvalue weighted by Gasteiger charge is -2.61. The summed E-state index contributed by atoms with van der Waals surface area (Å²) in [6.45, 7) is 3.81. The number of carbonyl (C=O) groups is 2. The molecule has 6 unspecified atom stereocenters. The maximum atomic E-state index is 12.3. The van der Waals surface area contributed by atoms with E-state index in [1.807, 2.05) is 38.1 Å². The molecule has 1 saturated carbocycles. The number of carboxylic acids is 2. The van der Waals surface area contributed by atoms with Crippen LogP contribution in [0.5, 0.6) is 0 Å². The van der Waals surface area contributed by atoms with Gasteiger partial charge in [-0.05, 0) is 31.4 Å². The summed E-state index contributed by atoms with van der Waals surface area (Å²) >= 11 is 0. The van der Waals surface area contributed by atoms with Gasteiger partial charge in [0.25, 0.3) is 0 Å². The Balaban J connectivity index is 2.05. The number of rotatable bonds is 2. The van der Waals surface area contributed by atoms with Gasteiger partial charge >= 0.3 is 11.9 Å². The second-order valence-electron chi connectivity index (χ2n) is 7.20. The van der Waals surface area contributed by atoms with Gasteiger partial charge in [0.2, 0.25) is 0 Å². The summed E-state index contributed by atoms with van der Waals surface area (Å²) in [7, 11) is 0. The third kappa shape index (κ3) is 1.25. The smallest absolute Gasteiger partial charge is 0.312 e. The van der Waals surface area contributed by atoms with Gasteiger partial charge in [-0.1, -0.05) is 24.3 Å². The van der Waals surface area contributed by atoms with Crippen LogP contribution in [0.3, 0.4) is 0 Å². The summed E-state index contributed by atoms with van der Waals surface area (Å²) in [5.74, 6) is -3.11. The molecule has 6 atom stereocenters. The van der Waals surface area contributed by atoms with E-state index in [-0.39, 0.29) is 12.0 Å². The third-order valence-corrected chi connectivity index (χ3v) is 6.34. The first-order chi connectivity index (χ1) is 10.3. The van der Waals surface area contributed by atoms with Crippen LogP contribution in [-0.4, -0.2) is 33.7 Å². The Bertz CT molecular complexity index is 702. The molecule has 0 radical (unpaired) electrons. The van der Waals surface area contributed by atoms with E-state index in [2.05, 4.69) is 5.32 Å². The van der Waals surface area contributed by atoms with Gasteiger partial charge in [-0.15, -0.1) is 0 Å². The van der Waals surface area contributed by atoms with Crippen LogP contribution in [-0.2, 0) is 9.59 Å². The van der Waals surface area contributed by atoms with E-state index in [4.69, 9.17) is 0 Å². The van der Waals surface area contributed by atoms with E-state index in [0.29, 0.717) is 6.42 Å². The molecule has 2 aliphatic heterocycles. The number of hydrogen-bond donors (Lipinski definition) is 3. The number of fused-ring (bicyclic) bond motifs is 2. The quantitative estimate of drug-likeness (QED) is 0.775. The van der Waals surface area contributed by atoms with E-state index in [1.54, 1.807) is 0 Å². The molecule has 3 fully saturated rings. The van der Waals surface area contributed by atoms with Gasteiger partial charge in [-0.25, -0.2) is 0 Å². The van der Waals surface area contributed by atoms with Crippen molar-refractivity contribution in [2.24, 2.45) is 11.3 Å². The Morgan fingerprint density at radius 3 is 2.45 bits per heavy atom. The van der Waals surface area contributed by atoms with Crippen LogP contribution < -0.4 is 5.32 Å². The first-order valence-corrected chi connectivity index (χ1v) is 7.66. The third-order valence-electron chi connectivity index (χ3n) is 6.34. The topological polar surface area (TPSA) is 86.6 Å². The molecular weight excluding hydrogens is 282 g/mol. The number of hydrogen-bond acceptors (Lipinski definition) is 3. The Hall–Kier alpha value is -1.88. The molecule has 1 aromatic rings. The van der Waals surface area contributed by atoms with Crippen LogP contribution >= 0.6 is 0 Å². The largest absolute Gasteiger partial charge is 0.481 e. The molecule has 3 N–H and O–H groups in total. The molecule has 4 bridgehead atoms. The van der Waals surface area contributed by atoms with Crippen molar-refractivity contribution in [3.05, 3.63) is 35.4 Å². The highest BCUT2D eigenvalue weighted by atomic mass is 16.4. The average molecular weight is 301 g/mol. The zero-order chi connectivity index (χ0) is 15.9. The van der Waals surface area contributed by atoms with Crippen LogP contribution in [0, 0.1) is 11.3 Å². The van der Waals surface area contributed by atoms with Crippen molar-refractivity contribution in [1.82, 2.24) is 5.32 Å². The van der Waals surface area contributed by atoms with Gasteiger partial charge in [0.1, 0.15) is 0 Å². The van der Waals surface area contributed by atoms with Gasteiger partial charge in [0.15, 0.2) is 0 Å². The number of nitrogens with one attached hydrogen (secondary N) is 1. The molecule has 5 nitrogen and oxygen atoms in total. The lowest BCUT2D eigenvalue weighted by atomic mass is 9.48. The summed E-state index contributed by atoms with van der Waals surface area (Å²) in [6.07, 6.45) is 0.550. The van der Waals surface area contributed by atoms with Gasteiger partial charge in [-0.3, -0.25) is 9.59 Å². The Kier molecular flexibility index (Phi) is 2.44. The van der Waals surface area contributed by atoms with Crippen LogP contribution in [0.2, 0.25) is 0 Å². The predicted molar refractivity (Wildman–Crippen MR) is 78.7 cm³/mol. The van der Waals surface area contributed by atoms with Crippen molar-refractivity contribution in [2.75, 3.05) is 0 Å². The number of aliphatic carboxylic acids is 2. The van der Waals surface area contributed by atoms with Crippen LogP contribution in [0.15, 0.2) is 24.3 Å². The monoisotopic (exact) mass is 301 g/mol. The van der Waals surface area contributed by atoms with Crippen LogP contribution in [0.1, 0.15) is 43.2 Å². The zero-order valence-electron chi connectivity index (χ0n) is 12.5. The van der Waals surface area contributed by atoms with E-state index in [1.165, 1.54) is 0 Å². The van der Waals surface area contributed by atoms with Gasteiger partial charge < -0.3 is 15.5 Å². The molecule has 0 amide bonds. The summed E-state index contributed by atoms with van der Waals surface area (Å²) in [5, 5.41) is 23.2. The predicted octanol–water partition coefficient (Wildman–Crippen LogP) is 1.79. The highest BCUT2D eigenvalue weighted by Crippen LogP contribution is 2.70. The minimum absolute atomic E-state index is 0.122. The average Bonchev–Trinajstić information content (AvgIpc) is 2.66. The van der Waals surface area contributed by atoms with E-state index in [9.17, 15) is 19.8 Å². The first kappa shape index (κ1) is 13.8. The standard InChI is InChI=1S/C17H19NO4/c1-8-17(15(21)22)11-7-16(2,18-8)13(14(19)20)12(17)10-6-4-3-5-9(10)11/h3-6,8,11-13,18H,7H2,1-2H3,(H,19,20)(H,21,22). The van der Waals surface area contributed by atoms with Crippen molar-refractivity contribution in [3.8, 4) is 0 Å². The lowest BCUT2D eigenvalue weighted by Crippen LogP contribution is -2.74. The molecule has 0 spiro atoms. The van der Waals surface area contributed by atoms with Crippen molar-refractivity contribution >= 4 is 11.9 Å². The molecule has 1 aromatic carbocycles. The van der Waals surface area contributed by atoms with E-state index in [0.717, 1.165) is 11.1 Å². The maximum absolute atomic E-state index is 12.3. The molecule has 5 heteroatoms. The molecular formula is C17H19NO4. The van der Waals surface area contributed by atoms with Gasteiger partial charge in [0.05, 0.1) is 11.3 Å². The number of benzene rings is 1. The summed E-state index contributed by atoms with van der Waals surface area (Å²) < 4.78 is 0. The molecule has 5 rings (SSSR count). The van der Waals surface area contributed by atoms with Crippen molar-refractivity contribution in [2.45, 2.75) is 43.7 Å². The fourth-order valence-corrected chi connectivity index (χ4v) is 5.71. The normalized spacial score (nSPS) is 44.6. The van der Waals surface area contributed by atoms with Gasteiger partial charge in [-0.2, -0.15) is 0 Å². The van der Waals surface area contributed by atoms with Crippen molar-refractivity contribution in [3.63, 3.8) is 0 Å². The fourth-order valence-electron chi connectivity index (χ4n) is 5.71. The minimum atomic E-state index is -1.06. The molecule has 22 heavy (non-hydrogen) atoms. The highest BCUT2D eigenvalue weighted by Gasteiger charge is 2.74. The highest BCUT2D eigenvalue weighted by molar-refractivity contribution is 5.86. The Morgan fingerprint density at radius 2 is 1.86 bits per heavy atom. The maximum Gasteiger partial charge on any atom is 0.312 e. The molecule has 2 heterocycles. The zero-order valence-corrected chi connectivity index (χ0v) is 12.5. The first-order valence-electron chi connectivity index (χ1n) is 7.66. The molecule has 116 valence electrons. The molecule has 2 aliphatic carbocycles. The minimum Gasteiger partial charge on any atom is -0.481 e. The fraction of sp³-hybridized carbons (Fsp3) is 0.529. The summed E-state index contributed by atoms with van der Waals surface area (Å²) in [4.78, 5) is 24.3. The second-order valence-corrected chi connectivity index (χ2v) is 7.20. The SMILES string of the molecule is CC1NC2(C)CC3c4ccccc4C(C2C(=O)O)C13C(=O)O.